The molecule has 0 amide bonds. The Bertz CT molecular complexity index is 3120. The van der Waals surface area contributed by atoms with Crippen LogP contribution in [0.5, 0.6) is 23.0 Å². The number of hydrogen-bond acceptors (Lipinski definition) is 10. The van der Waals surface area contributed by atoms with Crippen molar-refractivity contribution >= 4 is 16.6 Å². The van der Waals surface area contributed by atoms with Crippen LogP contribution < -0.4 is 15.8 Å². The summed E-state index contributed by atoms with van der Waals surface area (Å²) in [5.74, 6) is 9.14. The SMILES string of the molecule is NC1C=C2C#CC(CCc3ccc(O)c(Cc4cccc(O)c4)c3)CCCC3CC(O)CCc4cc(c(O)cc4CO)OCc4cc(C56CCOCC5CCc5ccccc56)cc5cn(cc45)C(=C2CO3)N1. The van der Waals surface area contributed by atoms with Crippen LogP contribution in [0, 0.1) is 23.7 Å². The quantitative estimate of drug-likeness (QED) is 0.0766. The lowest BCUT2D eigenvalue weighted by Crippen LogP contribution is -2.47. The van der Waals surface area contributed by atoms with Crippen molar-refractivity contribution in [2.45, 2.75) is 114 Å². The summed E-state index contributed by atoms with van der Waals surface area (Å²) >= 11 is 0. The Hall–Kier alpha value is -6.52. The van der Waals surface area contributed by atoms with Gasteiger partial charge in [0.25, 0.3) is 0 Å². The molecule has 6 bridgehead atoms. The molecule has 6 aromatic rings. The summed E-state index contributed by atoms with van der Waals surface area (Å²) in [5, 5.41) is 60.0. The Balaban J connectivity index is 1.00. The molecular weight excluding hydrogens is 903 g/mol. The number of benzene rings is 5. The maximum Gasteiger partial charge on any atom is 0.161 e. The zero-order chi connectivity index (χ0) is 49.3. The van der Waals surface area contributed by atoms with Crippen LogP contribution >= 0.6 is 0 Å². The Morgan fingerprint density at radius 3 is 2.60 bits per heavy atom. The maximum absolute atomic E-state index is 11.7. The first kappa shape index (κ1) is 47.8. The lowest BCUT2D eigenvalue weighted by molar-refractivity contribution is 0.00498. The third kappa shape index (κ3) is 9.74. The number of phenols is 3. The summed E-state index contributed by atoms with van der Waals surface area (Å²) in [5.41, 5.74) is 17.5. The molecule has 4 aliphatic heterocycles. The van der Waals surface area contributed by atoms with Gasteiger partial charge in [0.1, 0.15) is 23.9 Å². The van der Waals surface area contributed by atoms with Crippen LogP contribution in [0.4, 0.5) is 0 Å². The van der Waals surface area contributed by atoms with E-state index in [-0.39, 0.29) is 54.5 Å². The molecule has 1 aromatic heterocycles. The van der Waals surface area contributed by atoms with Crippen molar-refractivity contribution in [1.82, 2.24) is 9.88 Å². The largest absolute Gasteiger partial charge is 0.508 e. The molecule has 0 radical (unpaired) electrons. The Morgan fingerprint density at radius 1 is 0.819 bits per heavy atom. The van der Waals surface area contributed by atoms with Gasteiger partial charge in [0, 0.05) is 58.7 Å². The molecule has 0 saturated carbocycles. The van der Waals surface area contributed by atoms with Gasteiger partial charge >= 0.3 is 0 Å². The molecule has 5 heterocycles. The van der Waals surface area contributed by atoms with Crippen molar-refractivity contribution < 1.29 is 39.7 Å². The second-order valence-electron chi connectivity index (χ2n) is 20.7. The third-order valence-corrected chi connectivity index (χ3v) is 16.1. The van der Waals surface area contributed by atoms with Crippen LogP contribution in [0.15, 0.2) is 121 Å². The molecule has 0 spiro atoms. The van der Waals surface area contributed by atoms with Crippen molar-refractivity contribution in [3.8, 4) is 34.8 Å². The van der Waals surface area contributed by atoms with Gasteiger partial charge in [-0.15, -0.1) is 0 Å². The van der Waals surface area contributed by atoms with Crippen molar-refractivity contribution in [2.75, 3.05) is 19.8 Å². The molecule has 11 nitrogen and oxygen atoms in total. The molecule has 1 fully saturated rings. The second kappa shape index (κ2) is 20.5. The Labute approximate surface area is 421 Å². The number of aryl methyl sites for hydroxylation is 3. The van der Waals surface area contributed by atoms with E-state index >= 15 is 0 Å². The first-order valence-electron chi connectivity index (χ1n) is 25.9. The molecule has 8 N–H and O–H groups in total. The predicted molar refractivity (Wildman–Crippen MR) is 278 cm³/mol. The molecule has 1 aliphatic carbocycles. The standard InChI is InChI=1S/C61H65N3O8/c62-59-30-43-15-13-38(11-12-39-14-20-56(68)44(23-39)24-40-6-3-8-50(66)25-40)5-4-9-52-31-51(67)19-17-42-29-58(57(69)28-46(42)34-65)72-35-47-27-49(26-45-32-64(33-53(45)47)60(63-59)54(43)37-71-52)61-21-22-70-36-48(61)18-16-41-7-1-2-10-55(41)61/h1-3,6-8,10,14,20,23,25-30,32-33,38,48,51-52,59,63,65-69H,4-5,9,11-12,16-19,21-22,24,31,34-37,62H2. The molecular formula is C61H65N3O8. The third-order valence-electron chi connectivity index (χ3n) is 16.1. The number of fused-ring (bicyclic) bond motifs is 9. The number of phenolic OH excluding ortho intramolecular Hbond substituents is 3. The van der Waals surface area contributed by atoms with Crippen molar-refractivity contribution in [3.05, 3.63) is 171 Å². The highest BCUT2D eigenvalue weighted by molar-refractivity contribution is 5.88. The van der Waals surface area contributed by atoms with E-state index in [0.717, 1.165) is 107 Å². The number of rotatable bonds is 7. The van der Waals surface area contributed by atoms with E-state index in [0.29, 0.717) is 56.1 Å². The number of aliphatic hydroxyl groups is 2. The topological polar surface area (TPSA) is 172 Å². The summed E-state index contributed by atoms with van der Waals surface area (Å²) in [6.07, 6.45) is 13.5. The predicted octanol–water partition coefficient (Wildman–Crippen LogP) is 9.19. The maximum atomic E-state index is 11.7. The minimum absolute atomic E-state index is 0.0438. The molecule has 6 atom stereocenters. The smallest absolute Gasteiger partial charge is 0.161 e. The fraction of sp³-hybridized carbons (Fsp3) is 0.377. The van der Waals surface area contributed by atoms with E-state index in [4.69, 9.17) is 19.9 Å². The number of aromatic nitrogens is 1. The number of nitrogens with zero attached hydrogens (tertiary/aromatic N) is 1. The fourth-order valence-electron chi connectivity index (χ4n) is 12.3. The monoisotopic (exact) mass is 967 g/mol. The molecule has 6 unspecified atom stereocenters. The van der Waals surface area contributed by atoms with Crippen LogP contribution in [0.1, 0.15) is 101 Å². The molecule has 72 heavy (non-hydrogen) atoms. The van der Waals surface area contributed by atoms with Crippen molar-refractivity contribution in [3.63, 3.8) is 0 Å². The van der Waals surface area contributed by atoms with Gasteiger partial charge in [-0.2, -0.15) is 0 Å². The van der Waals surface area contributed by atoms with E-state index in [1.54, 1.807) is 24.3 Å². The van der Waals surface area contributed by atoms with Gasteiger partial charge in [-0.1, -0.05) is 66.4 Å². The molecule has 5 aromatic carbocycles. The van der Waals surface area contributed by atoms with Crippen LogP contribution in [0.25, 0.3) is 16.6 Å². The van der Waals surface area contributed by atoms with Crippen LogP contribution in [-0.2, 0) is 53.8 Å². The lowest BCUT2D eigenvalue weighted by Gasteiger charge is -2.49. The fourth-order valence-corrected chi connectivity index (χ4v) is 12.3. The highest BCUT2D eigenvalue weighted by atomic mass is 16.5. The van der Waals surface area contributed by atoms with E-state index in [1.165, 1.54) is 16.7 Å². The summed E-state index contributed by atoms with van der Waals surface area (Å²) in [6, 6.07) is 29.9. The van der Waals surface area contributed by atoms with Gasteiger partial charge in [-0.05, 0) is 169 Å². The second-order valence-corrected chi connectivity index (χ2v) is 20.7. The number of nitrogens with two attached hydrogens (primary N) is 1. The number of aliphatic hydroxyl groups excluding tert-OH is 2. The molecule has 11 heteroatoms. The van der Waals surface area contributed by atoms with Gasteiger partial charge in [-0.3, -0.25) is 0 Å². The Kier molecular flexibility index (Phi) is 13.6. The molecule has 5 aliphatic rings. The zero-order valence-corrected chi connectivity index (χ0v) is 40.8. The van der Waals surface area contributed by atoms with Crippen LogP contribution in [-0.4, -0.2) is 68.3 Å². The molecule has 11 rings (SSSR count). The van der Waals surface area contributed by atoms with Gasteiger partial charge in [0.15, 0.2) is 11.5 Å². The molecule has 1 saturated heterocycles. The highest BCUT2D eigenvalue weighted by Gasteiger charge is 2.47. The Morgan fingerprint density at radius 2 is 1.71 bits per heavy atom. The minimum Gasteiger partial charge on any atom is -0.508 e. The first-order valence-corrected chi connectivity index (χ1v) is 25.9. The summed E-state index contributed by atoms with van der Waals surface area (Å²) in [7, 11) is 0. The van der Waals surface area contributed by atoms with E-state index in [9.17, 15) is 25.5 Å². The molecule has 372 valence electrons. The van der Waals surface area contributed by atoms with E-state index < -0.39 is 12.3 Å². The summed E-state index contributed by atoms with van der Waals surface area (Å²) in [4.78, 5) is 0. The van der Waals surface area contributed by atoms with Gasteiger partial charge in [0.05, 0.1) is 38.2 Å². The number of aromatic hydroxyl groups is 3. The number of dihydropyridines is 1. The van der Waals surface area contributed by atoms with Gasteiger partial charge in [0.2, 0.25) is 0 Å². The minimum atomic E-state index is -0.693. The summed E-state index contributed by atoms with van der Waals surface area (Å²) < 4.78 is 21.9. The lowest BCUT2D eigenvalue weighted by atomic mass is 9.57. The van der Waals surface area contributed by atoms with Crippen molar-refractivity contribution in [1.29, 1.82) is 0 Å². The number of nitrogens with one attached hydrogen (secondary N) is 1. The average molecular weight is 968 g/mol. The number of hydrogen-bond donors (Lipinski definition) is 7. The first-order chi connectivity index (χ1) is 35.1. The number of ether oxygens (including phenoxy) is 3. The normalized spacial score (nSPS) is 24.3. The van der Waals surface area contributed by atoms with Crippen LogP contribution in [0.3, 0.4) is 0 Å². The zero-order valence-electron chi connectivity index (χ0n) is 40.8. The van der Waals surface area contributed by atoms with Gasteiger partial charge in [-0.25, -0.2) is 0 Å². The van der Waals surface area contributed by atoms with Gasteiger partial charge < -0.3 is 55.4 Å². The highest BCUT2D eigenvalue weighted by Crippen LogP contribution is 2.52. The summed E-state index contributed by atoms with van der Waals surface area (Å²) in [6.45, 7) is 1.52. The van der Waals surface area contributed by atoms with E-state index in [1.807, 2.05) is 30.3 Å². The van der Waals surface area contributed by atoms with E-state index in [2.05, 4.69) is 76.6 Å². The average Bonchev–Trinajstić information content (AvgIpc) is 3.81. The van der Waals surface area contributed by atoms with Crippen molar-refractivity contribution in [2.24, 2.45) is 17.6 Å². The van der Waals surface area contributed by atoms with Crippen LogP contribution in [0.2, 0.25) is 0 Å².